The molecule has 1 aromatic rings. The van der Waals surface area contributed by atoms with Gasteiger partial charge in [-0.15, -0.1) is 0 Å². The molecule has 1 fully saturated rings. The molecule has 0 spiro atoms. The van der Waals surface area contributed by atoms with Crippen LogP contribution in [0.4, 0.5) is 0 Å². The number of rotatable bonds is 6. The molecule has 3 unspecified atom stereocenters. The molecule has 0 aromatic heterocycles. The van der Waals surface area contributed by atoms with Crippen LogP contribution < -0.4 is 5.32 Å². The monoisotopic (exact) mass is 390 g/mol. The van der Waals surface area contributed by atoms with Crippen LogP contribution in [0.3, 0.4) is 0 Å². The number of hydrogen-bond acceptors (Lipinski definition) is 6. The minimum atomic E-state index is -0.633. The summed E-state index contributed by atoms with van der Waals surface area (Å²) in [6.45, 7) is 7.58. The second-order valence-corrected chi connectivity index (χ2v) is 8.08. The van der Waals surface area contributed by atoms with E-state index in [-0.39, 0.29) is 30.4 Å². The summed E-state index contributed by atoms with van der Waals surface area (Å²) in [5, 5.41) is 2.78. The first kappa shape index (κ1) is 21.9. The van der Waals surface area contributed by atoms with Crippen molar-refractivity contribution in [1.82, 2.24) is 10.2 Å². The number of carbonyl (C=O) groups excluding carboxylic acids is 3. The highest BCUT2D eigenvalue weighted by Gasteiger charge is 2.49. The summed E-state index contributed by atoms with van der Waals surface area (Å²) in [5.41, 5.74) is 0.376. The van der Waals surface area contributed by atoms with E-state index in [9.17, 15) is 14.4 Å². The molecule has 28 heavy (non-hydrogen) atoms. The van der Waals surface area contributed by atoms with Gasteiger partial charge in [0.2, 0.25) is 5.91 Å². The van der Waals surface area contributed by atoms with E-state index in [1.807, 2.05) is 56.0 Å². The lowest BCUT2D eigenvalue weighted by Gasteiger charge is -2.31. The molecule has 1 heterocycles. The van der Waals surface area contributed by atoms with Crippen LogP contribution in [-0.4, -0.2) is 54.1 Å². The van der Waals surface area contributed by atoms with Gasteiger partial charge in [-0.3, -0.25) is 19.3 Å². The molecule has 1 aliphatic heterocycles. The van der Waals surface area contributed by atoms with E-state index in [2.05, 4.69) is 5.32 Å². The number of carbonyl (C=O) groups is 3. The predicted molar refractivity (Wildman–Crippen MR) is 104 cm³/mol. The largest absolute Gasteiger partial charge is 0.469 e. The van der Waals surface area contributed by atoms with E-state index in [0.717, 1.165) is 5.56 Å². The van der Waals surface area contributed by atoms with Crippen LogP contribution in [0, 0.1) is 5.92 Å². The molecule has 0 radical (unpaired) electrons. The second-order valence-electron chi connectivity index (χ2n) is 8.08. The Morgan fingerprint density at radius 2 is 1.79 bits per heavy atom. The maximum Gasteiger partial charge on any atom is 0.323 e. The average Bonchev–Trinajstić information content (AvgIpc) is 2.97. The number of esters is 2. The Morgan fingerprint density at radius 3 is 2.32 bits per heavy atom. The molecular weight excluding hydrogens is 360 g/mol. The summed E-state index contributed by atoms with van der Waals surface area (Å²) in [5.74, 6) is -1.48. The van der Waals surface area contributed by atoms with Crippen molar-refractivity contribution in [2.45, 2.75) is 58.3 Å². The minimum absolute atomic E-state index is 0.191. The summed E-state index contributed by atoms with van der Waals surface area (Å²) in [6, 6.07) is 8.74. The van der Waals surface area contributed by atoms with Gasteiger partial charge in [-0.25, -0.2) is 0 Å². The van der Waals surface area contributed by atoms with Gasteiger partial charge in [0.05, 0.1) is 13.0 Å². The predicted octanol–water partition coefficient (Wildman–Crippen LogP) is 1.90. The first-order valence-corrected chi connectivity index (χ1v) is 9.47. The lowest BCUT2D eigenvalue weighted by Crippen LogP contribution is -2.48. The third-order valence-electron chi connectivity index (χ3n) is 4.72. The molecule has 1 aliphatic rings. The Balaban J connectivity index is 2.35. The summed E-state index contributed by atoms with van der Waals surface area (Å²) < 4.78 is 10.6. The molecule has 1 aromatic carbocycles. The van der Waals surface area contributed by atoms with Crippen LogP contribution in [0.25, 0.3) is 0 Å². The van der Waals surface area contributed by atoms with Crippen LogP contribution in [0.5, 0.6) is 0 Å². The van der Waals surface area contributed by atoms with Gasteiger partial charge in [-0.05, 0) is 32.8 Å². The van der Waals surface area contributed by atoms with E-state index >= 15 is 0 Å². The maximum atomic E-state index is 12.9. The summed E-state index contributed by atoms with van der Waals surface area (Å²) >= 11 is 0. The van der Waals surface area contributed by atoms with Crippen molar-refractivity contribution in [3.05, 3.63) is 35.9 Å². The Bertz CT molecular complexity index is 698. The number of ether oxygens (including phenoxy) is 2. The normalized spacial score (nSPS) is 22.5. The number of nitrogens with zero attached hydrogens (tertiary/aromatic N) is 1. The van der Waals surface area contributed by atoms with Crippen molar-refractivity contribution in [1.29, 1.82) is 0 Å². The summed E-state index contributed by atoms with van der Waals surface area (Å²) in [7, 11) is 1.33. The van der Waals surface area contributed by atoms with Crippen LogP contribution in [0.15, 0.2) is 30.3 Å². The molecule has 0 bridgehead atoms. The number of amides is 1. The first-order valence-electron chi connectivity index (χ1n) is 9.47. The average molecular weight is 390 g/mol. The number of hydrogen-bond donors (Lipinski definition) is 1. The standard InChI is InChI=1S/C21H30N2O5/c1-14(24)22-12-18-16(19(25)27-5)11-17(20(26)28-21(2,3)4)23(18)13-15-9-7-6-8-10-15/h6-10,16-18H,11-13H2,1-5H3,(H,22,24). The molecule has 1 amide bonds. The van der Waals surface area contributed by atoms with Crippen molar-refractivity contribution < 1.29 is 23.9 Å². The van der Waals surface area contributed by atoms with Crippen molar-refractivity contribution in [2.75, 3.05) is 13.7 Å². The molecule has 2 rings (SSSR count). The smallest absolute Gasteiger partial charge is 0.323 e. The van der Waals surface area contributed by atoms with E-state index in [1.54, 1.807) is 0 Å². The summed E-state index contributed by atoms with van der Waals surface area (Å²) in [4.78, 5) is 38.7. The van der Waals surface area contributed by atoms with Crippen LogP contribution >= 0.6 is 0 Å². The fourth-order valence-corrected chi connectivity index (χ4v) is 3.53. The second kappa shape index (κ2) is 9.19. The minimum Gasteiger partial charge on any atom is -0.469 e. The Morgan fingerprint density at radius 1 is 1.14 bits per heavy atom. The van der Waals surface area contributed by atoms with Crippen LogP contribution in [0.2, 0.25) is 0 Å². The number of likely N-dealkylation sites (tertiary alicyclic amines) is 1. The number of nitrogens with one attached hydrogen (secondary N) is 1. The highest BCUT2D eigenvalue weighted by atomic mass is 16.6. The molecule has 3 atom stereocenters. The number of benzene rings is 1. The van der Waals surface area contributed by atoms with Crippen molar-refractivity contribution in [3.63, 3.8) is 0 Å². The fourth-order valence-electron chi connectivity index (χ4n) is 3.53. The third kappa shape index (κ3) is 5.79. The van der Waals surface area contributed by atoms with Gasteiger partial charge in [0.1, 0.15) is 11.6 Å². The third-order valence-corrected chi connectivity index (χ3v) is 4.72. The Kier molecular flexibility index (Phi) is 7.18. The molecule has 7 nitrogen and oxygen atoms in total. The Labute approximate surface area is 166 Å². The van der Waals surface area contributed by atoms with E-state index < -0.39 is 17.6 Å². The lowest BCUT2D eigenvalue weighted by molar-refractivity contribution is -0.161. The van der Waals surface area contributed by atoms with Crippen LogP contribution in [0.1, 0.15) is 39.7 Å². The van der Waals surface area contributed by atoms with Gasteiger partial charge >= 0.3 is 11.9 Å². The maximum absolute atomic E-state index is 12.9. The topological polar surface area (TPSA) is 84.9 Å². The lowest BCUT2D eigenvalue weighted by atomic mass is 9.98. The highest BCUT2D eigenvalue weighted by molar-refractivity contribution is 5.81. The van der Waals surface area contributed by atoms with E-state index in [0.29, 0.717) is 13.0 Å². The fraction of sp³-hybridized carbons (Fsp3) is 0.571. The van der Waals surface area contributed by atoms with Gasteiger partial charge in [0.25, 0.3) is 0 Å². The molecule has 1 saturated heterocycles. The van der Waals surface area contributed by atoms with Crippen LogP contribution in [-0.2, 0) is 30.4 Å². The first-order chi connectivity index (χ1) is 13.1. The highest BCUT2D eigenvalue weighted by Crippen LogP contribution is 2.34. The van der Waals surface area contributed by atoms with Gasteiger partial charge < -0.3 is 14.8 Å². The molecule has 154 valence electrons. The van der Waals surface area contributed by atoms with Gasteiger partial charge in [-0.1, -0.05) is 30.3 Å². The van der Waals surface area contributed by atoms with Crippen molar-refractivity contribution in [2.24, 2.45) is 5.92 Å². The van der Waals surface area contributed by atoms with Crippen molar-refractivity contribution in [3.8, 4) is 0 Å². The van der Waals surface area contributed by atoms with E-state index in [4.69, 9.17) is 9.47 Å². The van der Waals surface area contributed by atoms with Gasteiger partial charge in [0.15, 0.2) is 0 Å². The van der Waals surface area contributed by atoms with Gasteiger partial charge in [-0.2, -0.15) is 0 Å². The zero-order valence-electron chi connectivity index (χ0n) is 17.2. The quantitative estimate of drug-likeness (QED) is 0.747. The SMILES string of the molecule is COC(=O)C1CC(C(=O)OC(C)(C)C)N(Cc2ccccc2)C1CNC(C)=O. The van der Waals surface area contributed by atoms with Crippen molar-refractivity contribution >= 4 is 17.8 Å². The molecule has 0 saturated carbocycles. The van der Waals surface area contributed by atoms with E-state index in [1.165, 1.54) is 14.0 Å². The Hall–Kier alpha value is -2.41. The molecule has 0 aliphatic carbocycles. The van der Waals surface area contributed by atoms with Gasteiger partial charge in [0, 0.05) is 26.1 Å². The molecular formula is C21H30N2O5. The molecule has 7 heteroatoms. The summed E-state index contributed by atoms with van der Waals surface area (Å²) in [6.07, 6.45) is 0.290. The molecule has 1 N–H and O–H groups in total. The number of methoxy groups -OCH3 is 1. The zero-order chi connectivity index (χ0) is 20.9. The zero-order valence-corrected chi connectivity index (χ0v) is 17.2.